The van der Waals surface area contributed by atoms with Gasteiger partial charge in [-0.15, -0.1) is 0 Å². The number of fused-ring (bicyclic) bond motifs is 1. The molecule has 0 bridgehead atoms. The van der Waals surface area contributed by atoms with E-state index in [-0.39, 0.29) is 11.2 Å². The third-order valence-corrected chi connectivity index (χ3v) is 4.31. The van der Waals surface area contributed by atoms with Gasteiger partial charge in [-0.2, -0.15) is 0 Å². The molecular formula is C15H19N3O2S. The van der Waals surface area contributed by atoms with Gasteiger partial charge in [0.15, 0.2) is 5.16 Å². The highest BCUT2D eigenvalue weighted by atomic mass is 32.2. The Bertz CT molecular complexity index is 651. The van der Waals surface area contributed by atoms with Crippen LogP contribution in [0.25, 0.3) is 11.0 Å². The molecule has 1 heterocycles. The van der Waals surface area contributed by atoms with Crippen LogP contribution < -0.4 is 10.1 Å². The first kappa shape index (κ1) is 14.3. The van der Waals surface area contributed by atoms with Crippen LogP contribution in [0, 0.1) is 0 Å². The molecule has 2 N–H and O–H groups in total. The van der Waals surface area contributed by atoms with E-state index in [0.29, 0.717) is 12.6 Å². The van der Waals surface area contributed by atoms with E-state index in [4.69, 9.17) is 4.74 Å². The van der Waals surface area contributed by atoms with E-state index in [1.165, 1.54) is 11.8 Å². The third-order valence-electron chi connectivity index (χ3n) is 3.32. The Morgan fingerprint density at radius 1 is 1.57 bits per heavy atom. The SMILES string of the molecule is CCOc1ccc2nc(S[C@@H](C)C(=O)NC3CC3)[nH]c2c1. The van der Waals surface area contributed by atoms with Crippen molar-refractivity contribution in [2.24, 2.45) is 0 Å². The number of carbonyl (C=O) groups excluding carboxylic acids is 1. The highest BCUT2D eigenvalue weighted by Crippen LogP contribution is 2.27. The standard InChI is InChI=1S/C15H19N3O2S/c1-3-20-11-6-7-12-13(8-11)18-15(17-12)21-9(2)14(19)16-10-4-5-10/h6-10H,3-5H2,1-2H3,(H,16,19)(H,17,18)/t9-/m0/s1. The van der Waals surface area contributed by atoms with Crippen molar-refractivity contribution in [3.63, 3.8) is 0 Å². The average molecular weight is 305 g/mol. The number of carbonyl (C=O) groups is 1. The van der Waals surface area contributed by atoms with Crippen molar-refractivity contribution in [1.29, 1.82) is 0 Å². The maximum atomic E-state index is 12.0. The molecule has 6 heteroatoms. The van der Waals surface area contributed by atoms with Gasteiger partial charge >= 0.3 is 0 Å². The maximum absolute atomic E-state index is 12.0. The lowest BCUT2D eigenvalue weighted by Gasteiger charge is -2.09. The minimum absolute atomic E-state index is 0.0814. The molecule has 112 valence electrons. The van der Waals surface area contributed by atoms with Crippen LogP contribution in [0.15, 0.2) is 23.4 Å². The molecule has 0 spiro atoms. The first-order valence-electron chi connectivity index (χ1n) is 7.25. The van der Waals surface area contributed by atoms with Gasteiger partial charge in [-0.3, -0.25) is 4.79 Å². The summed E-state index contributed by atoms with van der Waals surface area (Å²) < 4.78 is 5.47. The molecule has 1 saturated carbocycles. The third kappa shape index (κ3) is 3.50. The number of hydrogen-bond acceptors (Lipinski definition) is 4. The van der Waals surface area contributed by atoms with Crippen LogP contribution >= 0.6 is 11.8 Å². The molecule has 1 aromatic carbocycles. The lowest BCUT2D eigenvalue weighted by molar-refractivity contribution is -0.120. The zero-order valence-electron chi connectivity index (χ0n) is 12.2. The molecule has 1 aromatic heterocycles. The molecule has 1 amide bonds. The zero-order valence-corrected chi connectivity index (χ0v) is 13.0. The summed E-state index contributed by atoms with van der Waals surface area (Å²) in [6, 6.07) is 6.16. The first-order valence-corrected chi connectivity index (χ1v) is 8.13. The van der Waals surface area contributed by atoms with Crippen molar-refractivity contribution < 1.29 is 9.53 Å². The Labute approximate surface area is 127 Å². The number of aromatic amines is 1. The molecule has 1 atom stereocenters. The molecule has 1 fully saturated rings. The number of nitrogens with zero attached hydrogens (tertiary/aromatic N) is 1. The normalized spacial score (nSPS) is 15.9. The summed E-state index contributed by atoms with van der Waals surface area (Å²) in [5.41, 5.74) is 1.81. The average Bonchev–Trinajstić information content (AvgIpc) is 3.17. The summed E-state index contributed by atoms with van der Waals surface area (Å²) in [5.74, 6) is 0.905. The largest absolute Gasteiger partial charge is 0.494 e. The molecule has 5 nitrogen and oxygen atoms in total. The van der Waals surface area contributed by atoms with Crippen LogP contribution in [0.5, 0.6) is 5.75 Å². The smallest absolute Gasteiger partial charge is 0.233 e. The molecule has 0 aliphatic heterocycles. The topological polar surface area (TPSA) is 67.0 Å². The molecule has 2 aromatic rings. The van der Waals surface area contributed by atoms with Gasteiger partial charge in [-0.1, -0.05) is 11.8 Å². The quantitative estimate of drug-likeness (QED) is 0.805. The number of hydrogen-bond donors (Lipinski definition) is 2. The van der Waals surface area contributed by atoms with E-state index in [1.54, 1.807) is 0 Å². The zero-order chi connectivity index (χ0) is 14.8. The summed E-state index contributed by atoms with van der Waals surface area (Å²) in [5, 5.41) is 3.62. The van der Waals surface area contributed by atoms with E-state index in [9.17, 15) is 4.79 Å². The lowest BCUT2D eigenvalue weighted by Crippen LogP contribution is -2.32. The molecule has 3 rings (SSSR count). The van der Waals surface area contributed by atoms with Gasteiger partial charge in [0.2, 0.25) is 5.91 Å². The van der Waals surface area contributed by atoms with Crippen molar-refractivity contribution >= 4 is 28.7 Å². The number of amides is 1. The van der Waals surface area contributed by atoms with Gasteiger partial charge in [0.25, 0.3) is 0 Å². The van der Waals surface area contributed by atoms with E-state index in [0.717, 1.165) is 34.8 Å². The minimum atomic E-state index is -0.155. The van der Waals surface area contributed by atoms with E-state index >= 15 is 0 Å². The fourth-order valence-electron chi connectivity index (χ4n) is 2.04. The van der Waals surface area contributed by atoms with Gasteiger partial charge < -0.3 is 15.0 Å². The fraction of sp³-hybridized carbons (Fsp3) is 0.467. The van der Waals surface area contributed by atoms with Crippen molar-refractivity contribution in [3.05, 3.63) is 18.2 Å². The number of rotatable bonds is 6. The Morgan fingerprint density at radius 2 is 2.38 bits per heavy atom. The van der Waals surface area contributed by atoms with Crippen LogP contribution in [-0.4, -0.2) is 33.8 Å². The van der Waals surface area contributed by atoms with Crippen molar-refractivity contribution in [2.75, 3.05) is 6.61 Å². The summed E-state index contributed by atoms with van der Waals surface area (Å²) in [7, 11) is 0. The van der Waals surface area contributed by atoms with Crippen molar-refractivity contribution in [2.45, 2.75) is 43.1 Å². The van der Waals surface area contributed by atoms with Crippen molar-refractivity contribution in [3.8, 4) is 5.75 Å². The highest BCUT2D eigenvalue weighted by molar-refractivity contribution is 8.00. The number of imidazole rings is 1. The summed E-state index contributed by atoms with van der Waals surface area (Å²) in [6.07, 6.45) is 2.21. The van der Waals surface area contributed by atoms with E-state index < -0.39 is 0 Å². The van der Waals surface area contributed by atoms with Gasteiger partial charge in [0.1, 0.15) is 5.75 Å². The second-order valence-corrected chi connectivity index (χ2v) is 6.53. The van der Waals surface area contributed by atoms with Crippen molar-refractivity contribution in [1.82, 2.24) is 15.3 Å². The summed E-state index contributed by atoms with van der Waals surface area (Å²) in [6.45, 7) is 4.50. The van der Waals surface area contributed by atoms with Crippen LogP contribution in [-0.2, 0) is 4.79 Å². The number of thioether (sulfide) groups is 1. The monoisotopic (exact) mass is 305 g/mol. The highest BCUT2D eigenvalue weighted by Gasteiger charge is 2.26. The molecule has 0 radical (unpaired) electrons. The summed E-state index contributed by atoms with van der Waals surface area (Å²) >= 11 is 1.45. The number of H-pyrrole nitrogens is 1. The Morgan fingerprint density at radius 3 is 3.10 bits per heavy atom. The summed E-state index contributed by atoms with van der Waals surface area (Å²) in [4.78, 5) is 19.7. The number of benzene rings is 1. The molecule has 21 heavy (non-hydrogen) atoms. The predicted octanol–water partition coefficient (Wildman–Crippen LogP) is 2.72. The number of ether oxygens (including phenoxy) is 1. The van der Waals surface area contributed by atoms with Crippen LogP contribution in [0.2, 0.25) is 0 Å². The molecule has 0 unspecified atom stereocenters. The van der Waals surface area contributed by atoms with Gasteiger partial charge in [0, 0.05) is 12.1 Å². The predicted molar refractivity (Wildman–Crippen MR) is 83.7 cm³/mol. The van der Waals surface area contributed by atoms with Gasteiger partial charge in [-0.25, -0.2) is 4.98 Å². The molecule has 1 aliphatic rings. The fourth-order valence-corrected chi connectivity index (χ4v) is 2.87. The molecule has 0 saturated heterocycles. The van der Waals surface area contributed by atoms with Gasteiger partial charge in [-0.05, 0) is 38.8 Å². The van der Waals surface area contributed by atoms with Gasteiger partial charge in [0.05, 0.1) is 22.9 Å². The Hall–Kier alpha value is -1.69. The lowest BCUT2D eigenvalue weighted by atomic mass is 10.3. The minimum Gasteiger partial charge on any atom is -0.494 e. The Balaban J connectivity index is 1.69. The van der Waals surface area contributed by atoms with E-state index in [1.807, 2.05) is 32.0 Å². The number of aromatic nitrogens is 2. The van der Waals surface area contributed by atoms with Crippen LogP contribution in [0.1, 0.15) is 26.7 Å². The first-order chi connectivity index (χ1) is 10.2. The second-order valence-electron chi connectivity index (χ2n) is 5.20. The maximum Gasteiger partial charge on any atom is 0.233 e. The molecule has 1 aliphatic carbocycles. The molecular weight excluding hydrogens is 286 g/mol. The van der Waals surface area contributed by atoms with Crippen LogP contribution in [0.4, 0.5) is 0 Å². The van der Waals surface area contributed by atoms with E-state index in [2.05, 4.69) is 15.3 Å². The second kappa shape index (κ2) is 5.97. The number of nitrogens with one attached hydrogen (secondary N) is 2. The van der Waals surface area contributed by atoms with Crippen LogP contribution in [0.3, 0.4) is 0 Å². The Kier molecular flexibility index (Phi) is 4.05.